The second-order valence-electron chi connectivity index (χ2n) is 6.36. The molecule has 0 heterocycles. The minimum absolute atomic E-state index is 0.0298. The van der Waals surface area contributed by atoms with E-state index in [9.17, 15) is 18.0 Å². The average molecular weight is 384 g/mol. The lowest BCUT2D eigenvalue weighted by atomic mass is 10.1. The van der Waals surface area contributed by atoms with E-state index in [4.69, 9.17) is 5.14 Å². The molecule has 0 aliphatic rings. The van der Waals surface area contributed by atoms with E-state index in [1.807, 2.05) is 0 Å². The van der Waals surface area contributed by atoms with Crippen LogP contribution in [0.3, 0.4) is 0 Å². The fraction of sp³-hybridized carbons (Fsp3) is 0.556. The number of carbonyl (C=O) groups excluding carboxylic acids is 2. The van der Waals surface area contributed by atoms with Gasteiger partial charge in [-0.2, -0.15) is 0 Å². The average Bonchev–Trinajstić information content (AvgIpc) is 2.58. The van der Waals surface area contributed by atoms with Crippen molar-refractivity contribution < 1.29 is 18.0 Å². The van der Waals surface area contributed by atoms with Gasteiger partial charge in [0, 0.05) is 40.0 Å². The molecule has 26 heavy (non-hydrogen) atoms. The normalized spacial score (nSPS) is 11.2. The van der Waals surface area contributed by atoms with Crippen LogP contribution in [0.15, 0.2) is 29.2 Å². The zero-order valence-corrected chi connectivity index (χ0v) is 16.6. The predicted octanol–water partition coefficient (Wildman–Crippen LogP) is 1.37. The quantitative estimate of drug-likeness (QED) is 0.659. The molecule has 0 unspecified atom stereocenters. The van der Waals surface area contributed by atoms with Crippen LogP contribution in [0.1, 0.15) is 38.7 Å². The van der Waals surface area contributed by atoms with E-state index in [2.05, 4.69) is 6.92 Å². The maximum atomic E-state index is 12.1. The van der Waals surface area contributed by atoms with Crippen molar-refractivity contribution >= 4 is 21.8 Å². The van der Waals surface area contributed by atoms with Gasteiger partial charge in [-0.05, 0) is 30.5 Å². The van der Waals surface area contributed by atoms with E-state index in [1.165, 1.54) is 19.1 Å². The highest BCUT2D eigenvalue weighted by Gasteiger charge is 2.14. The molecule has 0 aromatic heterocycles. The SMILES string of the molecule is CCCCN(C)C(=O)CCN(CCc1ccc(S(N)(=O)=O)cc1)C(C)=O. The number of carbonyl (C=O) groups is 2. The van der Waals surface area contributed by atoms with Crippen molar-refractivity contribution in [1.82, 2.24) is 9.80 Å². The van der Waals surface area contributed by atoms with Crippen LogP contribution >= 0.6 is 0 Å². The standard InChI is InChI=1S/C18H29N3O4S/c1-4-5-12-20(3)18(23)11-14-21(15(2)22)13-10-16-6-8-17(9-7-16)26(19,24)25/h6-9H,4-5,10-14H2,1-3H3,(H2,19,24,25). The highest BCUT2D eigenvalue weighted by molar-refractivity contribution is 7.89. The third-order valence-corrected chi connectivity index (χ3v) is 5.17. The van der Waals surface area contributed by atoms with Crippen LogP contribution in [0.2, 0.25) is 0 Å². The molecule has 0 fully saturated rings. The van der Waals surface area contributed by atoms with Crippen LogP contribution in [0.4, 0.5) is 0 Å². The Morgan fingerprint density at radius 2 is 1.69 bits per heavy atom. The molecule has 2 amide bonds. The number of sulfonamides is 1. The van der Waals surface area contributed by atoms with Crippen LogP contribution in [-0.4, -0.2) is 56.7 Å². The van der Waals surface area contributed by atoms with Gasteiger partial charge >= 0.3 is 0 Å². The first kappa shape index (κ1) is 22.1. The summed E-state index contributed by atoms with van der Waals surface area (Å²) in [7, 11) is -1.92. The molecule has 0 bridgehead atoms. The molecule has 7 nitrogen and oxygen atoms in total. The third-order valence-electron chi connectivity index (χ3n) is 4.24. The number of unbranched alkanes of at least 4 members (excludes halogenated alkanes) is 1. The first-order valence-corrected chi connectivity index (χ1v) is 10.3. The summed E-state index contributed by atoms with van der Waals surface area (Å²) in [6.07, 6.45) is 2.86. The van der Waals surface area contributed by atoms with Gasteiger partial charge in [-0.25, -0.2) is 13.6 Å². The Hall–Kier alpha value is -1.93. The van der Waals surface area contributed by atoms with Gasteiger partial charge in [0.25, 0.3) is 0 Å². The minimum atomic E-state index is -3.70. The Balaban J connectivity index is 2.55. The number of hydrogen-bond acceptors (Lipinski definition) is 4. The molecule has 0 atom stereocenters. The molecule has 0 aliphatic heterocycles. The summed E-state index contributed by atoms with van der Waals surface area (Å²) in [4.78, 5) is 27.3. The van der Waals surface area contributed by atoms with Crippen molar-refractivity contribution in [3.05, 3.63) is 29.8 Å². The first-order chi connectivity index (χ1) is 12.1. The highest BCUT2D eigenvalue weighted by atomic mass is 32.2. The molecular weight excluding hydrogens is 354 g/mol. The first-order valence-electron chi connectivity index (χ1n) is 8.76. The number of amides is 2. The summed E-state index contributed by atoms with van der Waals surface area (Å²) in [5, 5.41) is 5.07. The summed E-state index contributed by atoms with van der Waals surface area (Å²) in [5.74, 6) is -0.0580. The van der Waals surface area contributed by atoms with E-state index < -0.39 is 10.0 Å². The van der Waals surface area contributed by atoms with Crippen LogP contribution in [0.25, 0.3) is 0 Å². The summed E-state index contributed by atoms with van der Waals surface area (Å²) in [6.45, 7) is 5.13. The van der Waals surface area contributed by atoms with E-state index in [1.54, 1.807) is 29.0 Å². The molecule has 0 saturated carbocycles. The monoisotopic (exact) mass is 383 g/mol. The number of hydrogen-bond donors (Lipinski definition) is 1. The summed E-state index contributed by atoms with van der Waals surface area (Å²) in [6, 6.07) is 6.27. The molecule has 0 spiro atoms. The number of nitrogens with zero attached hydrogens (tertiary/aromatic N) is 2. The number of benzene rings is 1. The molecule has 1 rings (SSSR count). The summed E-state index contributed by atoms with van der Waals surface area (Å²) >= 11 is 0. The Morgan fingerprint density at radius 1 is 1.08 bits per heavy atom. The Kier molecular flexibility index (Phi) is 8.74. The summed E-state index contributed by atoms with van der Waals surface area (Å²) in [5.41, 5.74) is 0.898. The fourth-order valence-electron chi connectivity index (χ4n) is 2.48. The number of rotatable bonds is 10. The smallest absolute Gasteiger partial charge is 0.238 e. The number of primary sulfonamides is 1. The molecule has 0 radical (unpaired) electrons. The minimum Gasteiger partial charge on any atom is -0.346 e. The second kappa shape index (κ2) is 10.3. The maximum absolute atomic E-state index is 12.1. The lowest BCUT2D eigenvalue weighted by Gasteiger charge is -2.23. The van der Waals surface area contributed by atoms with Gasteiger partial charge in [-0.1, -0.05) is 25.5 Å². The molecule has 2 N–H and O–H groups in total. The van der Waals surface area contributed by atoms with Crippen molar-refractivity contribution in [3.8, 4) is 0 Å². The van der Waals surface area contributed by atoms with Gasteiger partial charge in [0.05, 0.1) is 4.90 Å². The van der Waals surface area contributed by atoms with Gasteiger partial charge in [0.2, 0.25) is 21.8 Å². The fourth-order valence-corrected chi connectivity index (χ4v) is 2.99. The van der Waals surface area contributed by atoms with Crippen LogP contribution in [0, 0.1) is 0 Å². The Morgan fingerprint density at radius 3 is 2.19 bits per heavy atom. The van der Waals surface area contributed by atoms with Gasteiger partial charge in [0.15, 0.2) is 0 Å². The topological polar surface area (TPSA) is 101 Å². The van der Waals surface area contributed by atoms with Gasteiger partial charge in [0.1, 0.15) is 0 Å². The van der Waals surface area contributed by atoms with E-state index in [0.717, 1.165) is 24.9 Å². The second-order valence-corrected chi connectivity index (χ2v) is 7.93. The maximum Gasteiger partial charge on any atom is 0.238 e. The van der Waals surface area contributed by atoms with E-state index in [-0.39, 0.29) is 16.7 Å². The predicted molar refractivity (Wildman–Crippen MR) is 101 cm³/mol. The van der Waals surface area contributed by atoms with Crippen molar-refractivity contribution in [2.24, 2.45) is 5.14 Å². The van der Waals surface area contributed by atoms with Crippen LogP contribution in [0.5, 0.6) is 0 Å². The molecule has 146 valence electrons. The zero-order chi connectivity index (χ0) is 19.7. The van der Waals surface area contributed by atoms with Crippen molar-refractivity contribution in [1.29, 1.82) is 0 Å². The van der Waals surface area contributed by atoms with Gasteiger partial charge in [-0.15, -0.1) is 0 Å². The summed E-state index contributed by atoms with van der Waals surface area (Å²) < 4.78 is 22.5. The lowest BCUT2D eigenvalue weighted by molar-refractivity contribution is -0.132. The Bertz CT molecular complexity index is 702. The lowest BCUT2D eigenvalue weighted by Crippen LogP contribution is -2.36. The van der Waals surface area contributed by atoms with Crippen molar-refractivity contribution in [3.63, 3.8) is 0 Å². The van der Waals surface area contributed by atoms with Gasteiger partial charge in [-0.3, -0.25) is 9.59 Å². The van der Waals surface area contributed by atoms with Crippen molar-refractivity contribution in [2.45, 2.75) is 44.4 Å². The molecule has 0 aliphatic carbocycles. The van der Waals surface area contributed by atoms with Crippen molar-refractivity contribution in [2.75, 3.05) is 26.7 Å². The zero-order valence-electron chi connectivity index (χ0n) is 15.8. The molecule has 8 heteroatoms. The molecule has 1 aromatic carbocycles. The van der Waals surface area contributed by atoms with Crippen LogP contribution in [-0.2, 0) is 26.0 Å². The number of nitrogens with two attached hydrogens (primary N) is 1. The van der Waals surface area contributed by atoms with Gasteiger partial charge < -0.3 is 9.80 Å². The molecule has 1 aromatic rings. The molecule has 0 saturated heterocycles. The molecular formula is C18H29N3O4S. The Labute approximate surface area is 156 Å². The highest BCUT2D eigenvalue weighted by Crippen LogP contribution is 2.10. The third kappa shape index (κ3) is 7.53. The largest absolute Gasteiger partial charge is 0.346 e. The van der Waals surface area contributed by atoms with E-state index in [0.29, 0.717) is 25.9 Å². The van der Waals surface area contributed by atoms with Crippen LogP contribution < -0.4 is 5.14 Å². The van der Waals surface area contributed by atoms with E-state index >= 15 is 0 Å².